The number of nitrogens with one attached hydrogen (secondary N) is 2. The molecule has 0 unspecified atom stereocenters. The number of esters is 2. The standard InChI is InChI=1S/C35H42N2O6/c1-3-42-34(40)24-20-30-14-10-28(11-15-30)18-22-32(38)36-26-8-6-5-7-9-27-37-33(39)23-19-29-12-16-31(17-13-29)21-25-35(41)43-4-2/h10-25H,3-9,26-27H2,1-2H3,(H,36,38)(H,37,39)/b22-18-,23-19+,24-20+,25-21+. The summed E-state index contributed by atoms with van der Waals surface area (Å²) in [5.41, 5.74) is 3.52. The lowest BCUT2D eigenvalue weighted by molar-refractivity contribution is -0.138. The van der Waals surface area contributed by atoms with E-state index in [1.807, 2.05) is 48.5 Å². The van der Waals surface area contributed by atoms with Gasteiger partial charge in [0.05, 0.1) is 13.2 Å². The molecule has 228 valence electrons. The summed E-state index contributed by atoms with van der Waals surface area (Å²) in [5.74, 6) is -1.02. The van der Waals surface area contributed by atoms with Crippen LogP contribution >= 0.6 is 0 Å². The molecule has 0 radical (unpaired) electrons. The Morgan fingerprint density at radius 2 is 0.814 bits per heavy atom. The van der Waals surface area contributed by atoms with Crippen LogP contribution in [0.15, 0.2) is 72.8 Å². The Kier molecular flexibility index (Phi) is 16.9. The summed E-state index contributed by atoms with van der Waals surface area (Å²) in [7, 11) is 0. The predicted molar refractivity (Wildman–Crippen MR) is 171 cm³/mol. The monoisotopic (exact) mass is 586 g/mol. The Labute approximate surface area is 254 Å². The third kappa shape index (κ3) is 16.3. The van der Waals surface area contributed by atoms with Gasteiger partial charge in [0.2, 0.25) is 11.8 Å². The second-order valence-corrected chi connectivity index (χ2v) is 9.52. The number of ether oxygens (including phenoxy) is 2. The van der Waals surface area contributed by atoms with E-state index in [0.29, 0.717) is 26.3 Å². The van der Waals surface area contributed by atoms with Gasteiger partial charge in [-0.3, -0.25) is 9.59 Å². The fourth-order valence-corrected chi connectivity index (χ4v) is 3.81. The Morgan fingerprint density at radius 1 is 0.512 bits per heavy atom. The van der Waals surface area contributed by atoms with Crippen LogP contribution in [0.1, 0.15) is 68.2 Å². The van der Waals surface area contributed by atoms with E-state index in [4.69, 9.17) is 9.47 Å². The maximum atomic E-state index is 12.1. The third-order valence-corrected chi connectivity index (χ3v) is 6.08. The van der Waals surface area contributed by atoms with Gasteiger partial charge < -0.3 is 20.1 Å². The lowest BCUT2D eigenvalue weighted by atomic mass is 10.1. The van der Waals surface area contributed by atoms with E-state index in [9.17, 15) is 19.2 Å². The number of hydrogen-bond donors (Lipinski definition) is 2. The molecule has 2 aromatic rings. The number of benzene rings is 2. The summed E-state index contributed by atoms with van der Waals surface area (Å²) in [6.45, 7) is 5.44. The van der Waals surface area contributed by atoms with Crippen molar-refractivity contribution in [3.8, 4) is 0 Å². The van der Waals surface area contributed by atoms with Gasteiger partial charge in [-0.2, -0.15) is 0 Å². The van der Waals surface area contributed by atoms with Gasteiger partial charge in [0.25, 0.3) is 0 Å². The van der Waals surface area contributed by atoms with E-state index in [2.05, 4.69) is 10.6 Å². The number of carbonyl (C=O) groups is 4. The first kappa shape index (κ1) is 34.5. The van der Waals surface area contributed by atoms with Crippen molar-refractivity contribution in [3.63, 3.8) is 0 Å². The first-order valence-electron chi connectivity index (χ1n) is 14.7. The first-order chi connectivity index (χ1) is 20.9. The lowest BCUT2D eigenvalue weighted by Crippen LogP contribution is -2.22. The second-order valence-electron chi connectivity index (χ2n) is 9.52. The summed E-state index contributed by atoms with van der Waals surface area (Å²) in [6.07, 6.45) is 17.5. The summed E-state index contributed by atoms with van der Waals surface area (Å²) in [5, 5.41) is 5.79. The van der Waals surface area contributed by atoms with Crippen molar-refractivity contribution in [2.24, 2.45) is 0 Å². The molecule has 0 aliphatic heterocycles. The van der Waals surface area contributed by atoms with Crippen LogP contribution < -0.4 is 10.6 Å². The normalized spacial score (nSPS) is 11.4. The van der Waals surface area contributed by atoms with Crippen molar-refractivity contribution < 1.29 is 28.7 Å². The molecule has 2 amide bonds. The maximum absolute atomic E-state index is 12.1. The van der Waals surface area contributed by atoms with Crippen molar-refractivity contribution in [2.45, 2.75) is 46.0 Å². The van der Waals surface area contributed by atoms with Crippen LogP contribution in [-0.2, 0) is 28.7 Å². The average Bonchev–Trinajstić information content (AvgIpc) is 3.01. The molecule has 2 rings (SSSR count). The van der Waals surface area contributed by atoms with E-state index in [1.165, 1.54) is 24.3 Å². The van der Waals surface area contributed by atoms with Crippen molar-refractivity contribution >= 4 is 48.1 Å². The molecule has 0 fully saturated rings. The Morgan fingerprint density at radius 3 is 1.14 bits per heavy atom. The predicted octanol–water partition coefficient (Wildman–Crippen LogP) is 5.75. The topological polar surface area (TPSA) is 111 Å². The zero-order valence-corrected chi connectivity index (χ0v) is 25.1. The van der Waals surface area contributed by atoms with Gasteiger partial charge in [0.15, 0.2) is 0 Å². The molecule has 8 nitrogen and oxygen atoms in total. The van der Waals surface area contributed by atoms with Gasteiger partial charge in [0.1, 0.15) is 0 Å². The Balaban J connectivity index is 1.52. The van der Waals surface area contributed by atoms with Gasteiger partial charge in [-0.25, -0.2) is 9.59 Å². The zero-order chi connectivity index (χ0) is 31.1. The van der Waals surface area contributed by atoms with Crippen LogP contribution in [0.4, 0.5) is 0 Å². The minimum atomic E-state index is -0.375. The fourth-order valence-electron chi connectivity index (χ4n) is 3.81. The zero-order valence-electron chi connectivity index (χ0n) is 25.1. The molecular formula is C35H42N2O6. The van der Waals surface area contributed by atoms with Gasteiger partial charge in [-0.15, -0.1) is 0 Å². The summed E-state index contributed by atoms with van der Waals surface area (Å²) in [6, 6.07) is 15.0. The van der Waals surface area contributed by atoms with E-state index >= 15 is 0 Å². The SMILES string of the molecule is CCOC(=O)/C=C/c1ccc(/C=C\C(=O)NCCCCCCCNC(=O)/C=C/c2ccc(/C=C/C(=O)OCC)cc2)cc1. The van der Waals surface area contributed by atoms with Gasteiger partial charge in [0, 0.05) is 37.4 Å². The van der Waals surface area contributed by atoms with Crippen LogP contribution in [0.25, 0.3) is 24.3 Å². The van der Waals surface area contributed by atoms with Crippen LogP contribution in [0.2, 0.25) is 0 Å². The number of carbonyl (C=O) groups excluding carboxylic acids is 4. The van der Waals surface area contributed by atoms with Gasteiger partial charge in [-0.05, 0) is 73.2 Å². The van der Waals surface area contributed by atoms with E-state index < -0.39 is 0 Å². The van der Waals surface area contributed by atoms with Crippen LogP contribution in [0.3, 0.4) is 0 Å². The minimum Gasteiger partial charge on any atom is -0.463 e. The van der Waals surface area contributed by atoms with Crippen LogP contribution in [0, 0.1) is 0 Å². The molecule has 0 bridgehead atoms. The molecule has 0 aromatic heterocycles. The van der Waals surface area contributed by atoms with E-state index in [1.54, 1.807) is 38.2 Å². The minimum absolute atomic E-state index is 0.135. The smallest absolute Gasteiger partial charge is 0.330 e. The number of hydrogen-bond acceptors (Lipinski definition) is 6. The summed E-state index contributed by atoms with van der Waals surface area (Å²) in [4.78, 5) is 46.9. The molecule has 0 heterocycles. The Hall–Kier alpha value is -4.72. The molecule has 0 aliphatic rings. The number of unbranched alkanes of at least 4 members (excludes halogenated alkanes) is 4. The fraction of sp³-hybridized carbons (Fsp3) is 0.314. The second kappa shape index (κ2) is 21.1. The molecule has 2 aromatic carbocycles. The Bertz CT molecular complexity index is 1170. The third-order valence-electron chi connectivity index (χ3n) is 6.08. The largest absolute Gasteiger partial charge is 0.463 e. The first-order valence-corrected chi connectivity index (χ1v) is 14.7. The maximum Gasteiger partial charge on any atom is 0.330 e. The van der Waals surface area contributed by atoms with Crippen molar-refractivity contribution in [3.05, 3.63) is 95.1 Å². The highest BCUT2D eigenvalue weighted by Gasteiger charge is 1.99. The van der Waals surface area contributed by atoms with Crippen molar-refractivity contribution in [2.75, 3.05) is 26.3 Å². The number of amides is 2. The van der Waals surface area contributed by atoms with Crippen LogP contribution in [0.5, 0.6) is 0 Å². The lowest BCUT2D eigenvalue weighted by Gasteiger charge is -2.04. The summed E-state index contributed by atoms with van der Waals surface area (Å²) < 4.78 is 9.71. The van der Waals surface area contributed by atoms with Crippen molar-refractivity contribution in [1.82, 2.24) is 10.6 Å². The molecule has 8 heteroatoms. The highest BCUT2D eigenvalue weighted by atomic mass is 16.5. The van der Waals surface area contributed by atoms with Crippen LogP contribution in [-0.4, -0.2) is 50.1 Å². The molecule has 43 heavy (non-hydrogen) atoms. The molecular weight excluding hydrogens is 544 g/mol. The van der Waals surface area contributed by atoms with E-state index in [0.717, 1.165) is 54.4 Å². The molecule has 0 spiro atoms. The molecule has 0 aliphatic carbocycles. The highest BCUT2D eigenvalue weighted by Crippen LogP contribution is 2.09. The molecule has 0 saturated carbocycles. The van der Waals surface area contributed by atoms with Gasteiger partial charge >= 0.3 is 11.9 Å². The van der Waals surface area contributed by atoms with E-state index in [-0.39, 0.29) is 23.8 Å². The van der Waals surface area contributed by atoms with Gasteiger partial charge in [-0.1, -0.05) is 67.8 Å². The number of rotatable bonds is 18. The highest BCUT2D eigenvalue weighted by molar-refractivity contribution is 5.92. The van der Waals surface area contributed by atoms with Crippen molar-refractivity contribution in [1.29, 1.82) is 0 Å². The summed E-state index contributed by atoms with van der Waals surface area (Å²) >= 11 is 0. The quantitative estimate of drug-likeness (QED) is 0.131. The molecule has 2 N–H and O–H groups in total. The molecule has 0 atom stereocenters. The average molecular weight is 587 g/mol. The molecule has 0 saturated heterocycles.